The lowest BCUT2D eigenvalue weighted by molar-refractivity contribution is 1.11. The molecule has 2 aromatic rings. The minimum atomic E-state index is 1.02. The van der Waals surface area contributed by atoms with Gasteiger partial charge in [0, 0.05) is 29.5 Å². The van der Waals surface area contributed by atoms with E-state index >= 15 is 0 Å². The predicted octanol–water partition coefficient (Wildman–Crippen LogP) is 2.99. The molecule has 0 amide bonds. The van der Waals surface area contributed by atoms with Gasteiger partial charge in [0.1, 0.15) is 0 Å². The maximum absolute atomic E-state index is 4.62. The average molecular weight is 219 g/mol. The van der Waals surface area contributed by atoms with E-state index in [0.717, 1.165) is 16.7 Å². The van der Waals surface area contributed by atoms with Crippen molar-refractivity contribution in [2.75, 3.05) is 0 Å². The topological polar surface area (TPSA) is 30.2 Å². The molecule has 0 atom stereocenters. The highest BCUT2D eigenvalue weighted by atomic mass is 14.9. The van der Waals surface area contributed by atoms with Gasteiger partial charge in [-0.3, -0.25) is 4.98 Å². The second-order valence-electron chi connectivity index (χ2n) is 4.11. The lowest BCUT2D eigenvalue weighted by atomic mass is 10.1. The van der Waals surface area contributed by atoms with Crippen LogP contribution in [0.4, 0.5) is 0 Å². The number of rotatable bonds is 0. The van der Waals surface area contributed by atoms with Crippen LogP contribution in [0.3, 0.4) is 0 Å². The fourth-order valence-corrected chi connectivity index (χ4v) is 2.27. The molecule has 1 aromatic carbocycles. The van der Waals surface area contributed by atoms with Crippen LogP contribution in [0.15, 0.2) is 55.1 Å². The third kappa shape index (κ3) is 1.16. The molecule has 3 heterocycles. The molecule has 0 fully saturated rings. The number of hydrogen-bond donors (Lipinski definition) is 0. The SMILES string of the molecule is c1ccc2c3cc4cnccn4cc-3nc2c1. The van der Waals surface area contributed by atoms with Gasteiger partial charge in [-0.25, -0.2) is 4.98 Å². The number of pyridine rings is 1. The molecule has 0 saturated heterocycles. The molecule has 2 aliphatic rings. The molecule has 0 N–H and O–H groups in total. The first-order chi connectivity index (χ1) is 8.42. The molecule has 0 unspecified atom stereocenters. The summed E-state index contributed by atoms with van der Waals surface area (Å²) in [6, 6.07) is 10.4. The van der Waals surface area contributed by atoms with Crippen molar-refractivity contribution >= 4 is 16.4 Å². The first-order valence-corrected chi connectivity index (χ1v) is 5.52. The van der Waals surface area contributed by atoms with Crippen LogP contribution in [0, 0.1) is 0 Å². The molecular weight excluding hydrogens is 210 g/mol. The van der Waals surface area contributed by atoms with Crippen LogP contribution in [0.25, 0.3) is 27.7 Å². The summed E-state index contributed by atoms with van der Waals surface area (Å²) in [5.74, 6) is 0. The van der Waals surface area contributed by atoms with Gasteiger partial charge in [-0.2, -0.15) is 0 Å². The van der Waals surface area contributed by atoms with E-state index in [9.17, 15) is 0 Å². The van der Waals surface area contributed by atoms with Crippen LogP contribution in [-0.4, -0.2) is 14.4 Å². The summed E-state index contributed by atoms with van der Waals surface area (Å²) in [7, 11) is 0. The van der Waals surface area contributed by atoms with Gasteiger partial charge in [-0.05, 0) is 12.1 Å². The second-order valence-corrected chi connectivity index (χ2v) is 4.11. The molecule has 2 aliphatic heterocycles. The molecule has 4 rings (SSSR count). The van der Waals surface area contributed by atoms with E-state index in [1.54, 1.807) is 6.20 Å². The van der Waals surface area contributed by atoms with Crippen LogP contribution in [0.2, 0.25) is 0 Å². The molecule has 0 aliphatic carbocycles. The van der Waals surface area contributed by atoms with Crippen molar-refractivity contribution in [3.05, 3.63) is 55.1 Å². The van der Waals surface area contributed by atoms with Crippen LogP contribution < -0.4 is 0 Å². The Morgan fingerprint density at radius 1 is 1.12 bits per heavy atom. The summed E-state index contributed by atoms with van der Waals surface area (Å²) in [5, 5.41) is 1.20. The Balaban J connectivity index is 2.25. The molecule has 0 bridgehead atoms. The van der Waals surface area contributed by atoms with Crippen LogP contribution in [-0.2, 0) is 0 Å². The van der Waals surface area contributed by atoms with E-state index in [2.05, 4.69) is 22.1 Å². The third-order valence-corrected chi connectivity index (χ3v) is 3.08. The van der Waals surface area contributed by atoms with E-state index in [1.807, 2.05) is 41.2 Å². The Labute approximate surface area is 97.7 Å². The van der Waals surface area contributed by atoms with Gasteiger partial charge in [0.25, 0.3) is 0 Å². The lowest BCUT2D eigenvalue weighted by Crippen LogP contribution is -1.91. The number of nitrogens with zero attached hydrogens (tertiary/aromatic N) is 3. The van der Waals surface area contributed by atoms with Gasteiger partial charge in [0.2, 0.25) is 0 Å². The van der Waals surface area contributed by atoms with Crippen molar-refractivity contribution in [1.29, 1.82) is 0 Å². The van der Waals surface area contributed by atoms with Gasteiger partial charge in [-0.15, -0.1) is 0 Å². The van der Waals surface area contributed by atoms with Gasteiger partial charge in [0.15, 0.2) is 0 Å². The van der Waals surface area contributed by atoms with Gasteiger partial charge >= 0.3 is 0 Å². The van der Waals surface area contributed by atoms with Crippen molar-refractivity contribution in [1.82, 2.24) is 14.4 Å². The smallest absolute Gasteiger partial charge is 0.0882 e. The summed E-state index contributed by atoms with van der Waals surface area (Å²) in [4.78, 5) is 8.77. The zero-order valence-electron chi connectivity index (χ0n) is 9.04. The van der Waals surface area contributed by atoms with Crippen molar-refractivity contribution in [2.45, 2.75) is 0 Å². The quantitative estimate of drug-likeness (QED) is 0.455. The first-order valence-electron chi connectivity index (χ1n) is 5.52. The molecule has 3 nitrogen and oxygen atoms in total. The highest BCUT2D eigenvalue weighted by Crippen LogP contribution is 2.31. The van der Waals surface area contributed by atoms with Gasteiger partial charge in [0.05, 0.1) is 22.9 Å². The molecule has 0 spiro atoms. The van der Waals surface area contributed by atoms with E-state index in [-0.39, 0.29) is 0 Å². The lowest BCUT2D eigenvalue weighted by Gasteiger charge is -2.03. The maximum atomic E-state index is 4.62. The molecule has 1 aromatic heterocycles. The highest BCUT2D eigenvalue weighted by Gasteiger charge is 2.11. The van der Waals surface area contributed by atoms with E-state index in [1.165, 1.54) is 10.9 Å². The molecular formula is C14H9N3. The molecule has 0 radical (unpaired) electrons. The van der Waals surface area contributed by atoms with Gasteiger partial charge in [-0.1, -0.05) is 18.2 Å². The number of fused-ring (bicyclic) bond motifs is 4. The van der Waals surface area contributed by atoms with Crippen molar-refractivity contribution in [3.63, 3.8) is 0 Å². The monoisotopic (exact) mass is 219 g/mol. The standard InChI is InChI=1S/C14H9N3/c1-2-4-13-11(3-1)12-7-10-8-15-5-6-17(10)9-14(12)16-13/h1-9H. The Hall–Kier alpha value is -2.42. The fourth-order valence-electron chi connectivity index (χ4n) is 2.27. The number of benzene rings is 1. The normalized spacial score (nSPS) is 11.5. The number of para-hydroxylation sites is 1. The Morgan fingerprint density at radius 3 is 3.06 bits per heavy atom. The Morgan fingerprint density at radius 2 is 2.06 bits per heavy atom. The summed E-state index contributed by atoms with van der Waals surface area (Å²) in [5.41, 5.74) is 4.34. The largest absolute Gasteiger partial charge is 0.319 e. The zero-order chi connectivity index (χ0) is 11.2. The van der Waals surface area contributed by atoms with Crippen molar-refractivity contribution in [3.8, 4) is 11.3 Å². The third-order valence-electron chi connectivity index (χ3n) is 3.08. The minimum Gasteiger partial charge on any atom is -0.319 e. The van der Waals surface area contributed by atoms with E-state index in [0.29, 0.717) is 0 Å². The Kier molecular flexibility index (Phi) is 1.56. The van der Waals surface area contributed by atoms with Crippen LogP contribution >= 0.6 is 0 Å². The summed E-state index contributed by atoms with van der Waals surface area (Å²) in [6.07, 6.45) is 7.63. The summed E-state index contributed by atoms with van der Waals surface area (Å²) >= 11 is 0. The molecule has 0 saturated carbocycles. The molecule has 17 heavy (non-hydrogen) atoms. The molecule has 80 valence electrons. The first kappa shape index (κ1) is 8.70. The van der Waals surface area contributed by atoms with E-state index < -0.39 is 0 Å². The summed E-state index contributed by atoms with van der Waals surface area (Å²) < 4.78 is 2.04. The maximum Gasteiger partial charge on any atom is 0.0882 e. The second kappa shape index (κ2) is 3.04. The predicted molar refractivity (Wildman–Crippen MR) is 67.1 cm³/mol. The van der Waals surface area contributed by atoms with Gasteiger partial charge < -0.3 is 4.40 Å². The van der Waals surface area contributed by atoms with Crippen molar-refractivity contribution in [2.24, 2.45) is 0 Å². The number of hydrogen-bond acceptors (Lipinski definition) is 2. The van der Waals surface area contributed by atoms with E-state index in [4.69, 9.17) is 0 Å². The van der Waals surface area contributed by atoms with Crippen LogP contribution in [0.1, 0.15) is 0 Å². The summed E-state index contributed by atoms with van der Waals surface area (Å²) in [6.45, 7) is 0. The minimum absolute atomic E-state index is 1.02. The van der Waals surface area contributed by atoms with Crippen molar-refractivity contribution < 1.29 is 0 Å². The fraction of sp³-hybridized carbons (Fsp3) is 0. The zero-order valence-corrected chi connectivity index (χ0v) is 9.04. The number of aromatic nitrogens is 3. The average Bonchev–Trinajstić information content (AvgIpc) is 2.73. The highest BCUT2D eigenvalue weighted by molar-refractivity contribution is 5.98. The van der Waals surface area contributed by atoms with Crippen LogP contribution in [0.5, 0.6) is 0 Å². The Bertz CT molecular complexity index is 795. The molecule has 3 heteroatoms.